The largest absolute Gasteiger partial charge is 0.399 e. The average Bonchev–Trinajstić information content (AvgIpc) is 2.39. The number of thioether (sulfide) groups is 1. The minimum Gasteiger partial charge on any atom is -0.399 e. The first-order valence-corrected chi connectivity index (χ1v) is 7.15. The third kappa shape index (κ3) is 3.09. The molecule has 0 radical (unpaired) electrons. The molecular formula is C15H16N2OS. The molecule has 1 amide bonds. The Bertz CT molecular complexity index is 611. The van der Waals surface area contributed by atoms with E-state index in [1.807, 2.05) is 37.4 Å². The van der Waals surface area contributed by atoms with Gasteiger partial charge in [0.2, 0.25) is 0 Å². The second-order valence-corrected chi connectivity index (χ2v) is 5.08. The molecular weight excluding hydrogens is 256 g/mol. The number of carbonyl (C=O) groups excluding carboxylic acids is 1. The maximum Gasteiger partial charge on any atom is 0.255 e. The molecule has 2 rings (SSSR count). The van der Waals surface area contributed by atoms with Crippen LogP contribution in [-0.2, 0) is 0 Å². The van der Waals surface area contributed by atoms with Crippen molar-refractivity contribution in [1.29, 1.82) is 0 Å². The Morgan fingerprint density at radius 1 is 1.21 bits per heavy atom. The van der Waals surface area contributed by atoms with Crippen LogP contribution < -0.4 is 11.1 Å². The summed E-state index contributed by atoms with van der Waals surface area (Å²) in [5, 5.41) is 2.94. The number of nitrogens with two attached hydrogens (primary N) is 1. The lowest BCUT2D eigenvalue weighted by atomic mass is 10.1. The zero-order valence-electron chi connectivity index (χ0n) is 10.9. The normalized spacial score (nSPS) is 10.2. The van der Waals surface area contributed by atoms with Crippen LogP contribution >= 0.6 is 11.8 Å². The van der Waals surface area contributed by atoms with Crippen LogP contribution in [-0.4, -0.2) is 12.2 Å². The van der Waals surface area contributed by atoms with Crippen molar-refractivity contribution in [3.05, 3.63) is 53.6 Å². The predicted molar refractivity (Wildman–Crippen MR) is 81.8 cm³/mol. The van der Waals surface area contributed by atoms with E-state index in [1.54, 1.807) is 30.0 Å². The zero-order chi connectivity index (χ0) is 13.8. The third-order valence-corrected chi connectivity index (χ3v) is 3.65. The standard InChI is InChI=1S/C15H16N2OS/c1-10-9-11(16)7-8-12(10)15(18)17-13-5-3-4-6-14(13)19-2/h3-9H,16H2,1-2H3,(H,17,18). The van der Waals surface area contributed by atoms with Gasteiger partial charge >= 0.3 is 0 Å². The molecule has 0 heterocycles. The molecule has 98 valence electrons. The Morgan fingerprint density at radius 2 is 1.95 bits per heavy atom. The van der Waals surface area contributed by atoms with E-state index >= 15 is 0 Å². The van der Waals surface area contributed by atoms with Crippen molar-refractivity contribution in [3.8, 4) is 0 Å². The van der Waals surface area contributed by atoms with Crippen LogP contribution in [0.4, 0.5) is 11.4 Å². The Balaban J connectivity index is 2.26. The number of rotatable bonds is 3. The first-order chi connectivity index (χ1) is 9.11. The van der Waals surface area contributed by atoms with Crippen LogP contribution in [0.15, 0.2) is 47.4 Å². The highest BCUT2D eigenvalue weighted by Crippen LogP contribution is 2.25. The number of hydrogen-bond donors (Lipinski definition) is 2. The van der Waals surface area contributed by atoms with E-state index in [2.05, 4.69) is 5.32 Å². The molecule has 0 saturated carbocycles. The number of anilines is 2. The minimum absolute atomic E-state index is 0.112. The summed E-state index contributed by atoms with van der Waals surface area (Å²) in [4.78, 5) is 13.3. The summed E-state index contributed by atoms with van der Waals surface area (Å²) < 4.78 is 0. The lowest BCUT2D eigenvalue weighted by Crippen LogP contribution is -2.14. The maximum atomic E-state index is 12.3. The smallest absolute Gasteiger partial charge is 0.255 e. The molecule has 0 aliphatic heterocycles. The highest BCUT2D eigenvalue weighted by molar-refractivity contribution is 7.98. The van der Waals surface area contributed by atoms with Gasteiger partial charge in [-0.3, -0.25) is 4.79 Å². The van der Waals surface area contributed by atoms with Crippen molar-refractivity contribution in [2.75, 3.05) is 17.3 Å². The molecule has 3 nitrogen and oxygen atoms in total. The van der Waals surface area contributed by atoms with Crippen molar-refractivity contribution in [2.24, 2.45) is 0 Å². The molecule has 0 unspecified atom stereocenters. The fourth-order valence-electron chi connectivity index (χ4n) is 1.88. The molecule has 3 N–H and O–H groups in total. The molecule has 0 spiro atoms. The lowest BCUT2D eigenvalue weighted by molar-refractivity contribution is 0.102. The number of aryl methyl sites for hydroxylation is 1. The van der Waals surface area contributed by atoms with E-state index in [-0.39, 0.29) is 5.91 Å². The first-order valence-electron chi connectivity index (χ1n) is 5.92. The van der Waals surface area contributed by atoms with Gasteiger partial charge in [0, 0.05) is 16.1 Å². The van der Waals surface area contributed by atoms with Crippen molar-refractivity contribution in [3.63, 3.8) is 0 Å². The van der Waals surface area contributed by atoms with Crippen LogP contribution in [0.25, 0.3) is 0 Å². The molecule has 0 aliphatic rings. The molecule has 4 heteroatoms. The summed E-state index contributed by atoms with van der Waals surface area (Å²) in [5.74, 6) is -0.112. The summed E-state index contributed by atoms with van der Waals surface area (Å²) >= 11 is 1.60. The van der Waals surface area contributed by atoms with E-state index in [1.165, 1.54) is 0 Å². The molecule has 0 bridgehead atoms. The van der Waals surface area contributed by atoms with Crippen LogP contribution in [0.3, 0.4) is 0 Å². The minimum atomic E-state index is -0.112. The van der Waals surface area contributed by atoms with Gasteiger partial charge in [-0.2, -0.15) is 0 Å². The third-order valence-electron chi connectivity index (χ3n) is 2.85. The highest BCUT2D eigenvalue weighted by Gasteiger charge is 2.11. The lowest BCUT2D eigenvalue weighted by Gasteiger charge is -2.11. The summed E-state index contributed by atoms with van der Waals surface area (Å²) in [6, 6.07) is 13.0. The number of amides is 1. The van der Waals surface area contributed by atoms with Gasteiger partial charge in [-0.25, -0.2) is 0 Å². The summed E-state index contributed by atoms with van der Waals surface area (Å²) in [6.45, 7) is 1.88. The van der Waals surface area contributed by atoms with Crippen LogP contribution in [0.5, 0.6) is 0 Å². The Hall–Kier alpha value is -1.94. The van der Waals surface area contributed by atoms with Crippen molar-refractivity contribution in [1.82, 2.24) is 0 Å². The van der Waals surface area contributed by atoms with Crippen molar-refractivity contribution >= 4 is 29.0 Å². The van der Waals surface area contributed by atoms with Crippen LogP contribution in [0, 0.1) is 6.92 Å². The van der Waals surface area contributed by atoms with Crippen molar-refractivity contribution in [2.45, 2.75) is 11.8 Å². The Morgan fingerprint density at radius 3 is 2.63 bits per heavy atom. The highest BCUT2D eigenvalue weighted by atomic mass is 32.2. The quantitative estimate of drug-likeness (QED) is 0.663. The molecule has 2 aromatic rings. The molecule has 0 saturated heterocycles. The van der Waals surface area contributed by atoms with E-state index in [4.69, 9.17) is 5.73 Å². The zero-order valence-corrected chi connectivity index (χ0v) is 11.8. The van der Waals surface area contributed by atoms with Gasteiger partial charge in [-0.05, 0) is 49.1 Å². The summed E-state index contributed by atoms with van der Waals surface area (Å²) in [7, 11) is 0. The van der Waals surface area contributed by atoms with E-state index in [0.717, 1.165) is 16.1 Å². The molecule has 0 aromatic heterocycles. The predicted octanol–water partition coefficient (Wildman–Crippen LogP) is 3.55. The molecule has 0 aliphatic carbocycles. The van der Waals surface area contributed by atoms with E-state index in [9.17, 15) is 4.79 Å². The van der Waals surface area contributed by atoms with Gasteiger partial charge in [-0.15, -0.1) is 11.8 Å². The number of nitrogens with one attached hydrogen (secondary N) is 1. The number of nitrogen functional groups attached to an aromatic ring is 1. The number of benzene rings is 2. The van der Waals surface area contributed by atoms with Gasteiger partial charge in [0.05, 0.1) is 5.69 Å². The Labute approximate surface area is 117 Å². The topological polar surface area (TPSA) is 55.1 Å². The Kier molecular flexibility index (Phi) is 4.12. The molecule has 19 heavy (non-hydrogen) atoms. The van der Waals surface area contributed by atoms with E-state index < -0.39 is 0 Å². The average molecular weight is 272 g/mol. The monoisotopic (exact) mass is 272 g/mol. The second kappa shape index (κ2) is 5.80. The SMILES string of the molecule is CSc1ccccc1NC(=O)c1ccc(N)cc1C. The van der Waals surface area contributed by atoms with Gasteiger partial charge in [0.1, 0.15) is 0 Å². The second-order valence-electron chi connectivity index (χ2n) is 4.23. The van der Waals surface area contributed by atoms with Gasteiger partial charge < -0.3 is 11.1 Å². The van der Waals surface area contributed by atoms with Gasteiger partial charge in [0.15, 0.2) is 0 Å². The first kappa shape index (κ1) is 13.5. The fourth-order valence-corrected chi connectivity index (χ4v) is 2.43. The summed E-state index contributed by atoms with van der Waals surface area (Å²) in [6.07, 6.45) is 1.99. The van der Waals surface area contributed by atoms with Crippen molar-refractivity contribution < 1.29 is 4.79 Å². The molecule has 0 fully saturated rings. The van der Waals surface area contributed by atoms with Gasteiger partial charge in [-0.1, -0.05) is 12.1 Å². The van der Waals surface area contributed by atoms with Crippen LogP contribution in [0.2, 0.25) is 0 Å². The summed E-state index contributed by atoms with van der Waals surface area (Å²) in [5.41, 5.74) is 8.70. The van der Waals surface area contributed by atoms with E-state index in [0.29, 0.717) is 11.3 Å². The van der Waals surface area contributed by atoms with Crippen LogP contribution in [0.1, 0.15) is 15.9 Å². The maximum absolute atomic E-state index is 12.3. The number of para-hydroxylation sites is 1. The molecule has 2 aromatic carbocycles. The number of carbonyl (C=O) groups is 1. The fraction of sp³-hybridized carbons (Fsp3) is 0.133. The number of hydrogen-bond acceptors (Lipinski definition) is 3. The van der Waals surface area contributed by atoms with Gasteiger partial charge in [0.25, 0.3) is 5.91 Å². The molecule has 0 atom stereocenters.